The van der Waals surface area contributed by atoms with E-state index in [0.29, 0.717) is 29.9 Å². The number of aromatic hydroxyl groups is 1. The Hall–Kier alpha value is -1.06. The van der Waals surface area contributed by atoms with Crippen LogP contribution in [0.1, 0.15) is 68.1 Å². The van der Waals surface area contributed by atoms with E-state index in [9.17, 15) is 10.2 Å². The quantitative estimate of drug-likeness (QED) is 0.794. The lowest BCUT2D eigenvalue weighted by Crippen LogP contribution is -2.44. The van der Waals surface area contributed by atoms with Gasteiger partial charge in [-0.1, -0.05) is 13.0 Å². The molecule has 0 spiro atoms. The van der Waals surface area contributed by atoms with Crippen LogP contribution < -0.4 is 0 Å². The molecular weight excluding hydrogens is 300 g/mol. The predicted molar refractivity (Wildman–Crippen MR) is 94.1 cm³/mol. The molecule has 5 atom stereocenters. The fourth-order valence-electron chi connectivity index (χ4n) is 6.24. The molecule has 0 bridgehead atoms. The molecule has 0 aliphatic heterocycles. The van der Waals surface area contributed by atoms with E-state index in [1.807, 2.05) is 6.07 Å². The Labute approximate surface area is 144 Å². The van der Waals surface area contributed by atoms with E-state index in [4.69, 9.17) is 5.11 Å². The van der Waals surface area contributed by atoms with Gasteiger partial charge < -0.3 is 15.3 Å². The van der Waals surface area contributed by atoms with Crippen molar-refractivity contribution in [1.82, 2.24) is 0 Å². The molecule has 2 fully saturated rings. The predicted octanol–water partition coefficient (Wildman–Crippen LogP) is 3.53. The van der Waals surface area contributed by atoms with Crippen LogP contribution in [0.2, 0.25) is 0 Å². The van der Waals surface area contributed by atoms with Crippen LogP contribution in [-0.2, 0) is 12.8 Å². The summed E-state index contributed by atoms with van der Waals surface area (Å²) in [6, 6.07) is 4.02. The minimum absolute atomic E-state index is 0.120. The van der Waals surface area contributed by atoms with Crippen LogP contribution in [0.25, 0.3) is 0 Å². The molecule has 3 nitrogen and oxygen atoms in total. The monoisotopic (exact) mass is 330 g/mol. The third kappa shape index (κ3) is 2.32. The Balaban J connectivity index is 1.68. The summed E-state index contributed by atoms with van der Waals surface area (Å²) in [6.07, 6.45) is 7.99. The van der Waals surface area contributed by atoms with Gasteiger partial charge in [0.25, 0.3) is 0 Å². The van der Waals surface area contributed by atoms with Crippen molar-refractivity contribution in [2.24, 2.45) is 17.3 Å². The minimum atomic E-state index is -0.121. The number of benzene rings is 1. The maximum Gasteiger partial charge on any atom is 0.119 e. The molecule has 0 amide bonds. The number of hydrogen-bond acceptors (Lipinski definition) is 3. The van der Waals surface area contributed by atoms with Gasteiger partial charge in [-0.25, -0.2) is 0 Å². The van der Waals surface area contributed by atoms with Crippen molar-refractivity contribution < 1.29 is 15.3 Å². The first-order valence-corrected chi connectivity index (χ1v) is 9.69. The highest BCUT2D eigenvalue weighted by atomic mass is 16.3. The van der Waals surface area contributed by atoms with Crippen molar-refractivity contribution in [3.63, 3.8) is 0 Å². The second-order valence-corrected chi connectivity index (χ2v) is 8.51. The van der Waals surface area contributed by atoms with Crippen molar-refractivity contribution >= 4 is 0 Å². The summed E-state index contributed by atoms with van der Waals surface area (Å²) in [4.78, 5) is 0. The van der Waals surface area contributed by atoms with Crippen LogP contribution >= 0.6 is 0 Å². The van der Waals surface area contributed by atoms with Crippen LogP contribution in [-0.4, -0.2) is 28.0 Å². The van der Waals surface area contributed by atoms with Crippen LogP contribution in [0.15, 0.2) is 12.1 Å². The first-order chi connectivity index (χ1) is 11.6. The van der Waals surface area contributed by atoms with E-state index in [2.05, 4.69) is 13.0 Å². The molecule has 24 heavy (non-hydrogen) atoms. The summed E-state index contributed by atoms with van der Waals surface area (Å²) < 4.78 is 0. The standard InChI is InChI=1S/C21H30O3/c1-21-11-10-15-13-6-8-19(23)17(3-2-12-22)14(13)4-5-16(15)18(21)7-9-20(21)24/h6,8,15-16,18,20,22-24H,2-5,7,9-12H2,1H3/t15-,16-,18+,20+,21+/m1/s1. The first kappa shape index (κ1) is 16.4. The second-order valence-electron chi connectivity index (χ2n) is 8.51. The van der Waals surface area contributed by atoms with Crippen molar-refractivity contribution in [1.29, 1.82) is 0 Å². The van der Waals surface area contributed by atoms with Crippen molar-refractivity contribution in [2.45, 2.75) is 70.3 Å². The summed E-state index contributed by atoms with van der Waals surface area (Å²) >= 11 is 0. The lowest BCUT2D eigenvalue weighted by Gasteiger charge is -2.50. The number of rotatable bonds is 3. The fraction of sp³-hybridized carbons (Fsp3) is 0.714. The van der Waals surface area contributed by atoms with E-state index in [0.717, 1.165) is 37.7 Å². The highest BCUT2D eigenvalue weighted by Gasteiger charge is 2.54. The Bertz CT molecular complexity index is 626. The van der Waals surface area contributed by atoms with E-state index >= 15 is 0 Å². The van der Waals surface area contributed by atoms with Gasteiger partial charge in [-0.2, -0.15) is 0 Å². The normalized spacial score (nSPS) is 37.6. The molecule has 1 aromatic carbocycles. The SMILES string of the molecule is C[C@]12CC[C@@H]3c4ccc(O)c(CCCO)c4CC[C@H]3[C@@H]1CC[C@@H]2O. The van der Waals surface area contributed by atoms with Gasteiger partial charge in [0.05, 0.1) is 6.10 Å². The average molecular weight is 330 g/mol. The Morgan fingerprint density at radius 2 is 2.00 bits per heavy atom. The summed E-state index contributed by atoms with van der Waals surface area (Å²) in [7, 11) is 0. The highest BCUT2D eigenvalue weighted by molar-refractivity contribution is 5.48. The molecule has 3 aliphatic carbocycles. The van der Waals surface area contributed by atoms with Crippen LogP contribution in [0.3, 0.4) is 0 Å². The minimum Gasteiger partial charge on any atom is -0.508 e. The lowest BCUT2D eigenvalue weighted by atomic mass is 9.55. The van der Waals surface area contributed by atoms with Gasteiger partial charge >= 0.3 is 0 Å². The maximum absolute atomic E-state index is 10.5. The number of phenols is 1. The van der Waals surface area contributed by atoms with Gasteiger partial charge in [0.15, 0.2) is 0 Å². The molecule has 3 aliphatic rings. The molecule has 0 aromatic heterocycles. The largest absolute Gasteiger partial charge is 0.508 e. The van der Waals surface area contributed by atoms with E-state index in [1.165, 1.54) is 24.0 Å². The van der Waals surface area contributed by atoms with Crippen molar-refractivity contribution in [2.75, 3.05) is 6.61 Å². The van der Waals surface area contributed by atoms with E-state index in [-0.39, 0.29) is 18.1 Å². The van der Waals surface area contributed by atoms with Gasteiger partial charge in [0.2, 0.25) is 0 Å². The van der Waals surface area contributed by atoms with E-state index in [1.54, 1.807) is 0 Å². The molecule has 1 aromatic rings. The van der Waals surface area contributed by atoms with Gasteiger partial charge in [-0.15, -0.1) is 0 Å². The number of aliphatic hydroxyl groups is 2. The van der Waals surface area contributed by atoms with Gasteiger partial charge in [0.1, 0.15) is 5.75 Å². The number of aliphatic hydroxyl groups excluding tert-OH is 2. The Morgan fingerprint density at radius 3 is 2.79 bits per heavy atom. The van der Waals surface area contributed by atoms with Gasteiger partial charge in [0, 0.05) is 6.61 Å². The average Bonchev–Trinajstić information content (AvgIpc) is 2.89. The zero-order valence-electron chi connectivity index (χ0n) is 14.7. The molecule has 0 heterocycles. The van der Waals surface area contributed by atoms with Crippen molar-refractivity contribution in [3.05, 3.63) is 28.8 Å². The Morgan fingerprint density at radius 1 is 1.17 bits per heavy atom. The molecule has 0 unspecified atom stereocenters. The molecular formula is C21H30O3. The van der Waals surface area contributed by atoms with Gasteiger partial charge in [-0.3, -0.25) is 0 Å². The third-order valence-electron chi connectivity index (χ3n) is 7.54. The van der Waals surface area contributed by atoms with Crippen LogP contribution in [0, 0.1) is 17.3 Å². The topological polar surface area (TPSA) is 60.7 Å². The third-order valence-corrected chi connectivity index (χ3v) is 7.54. The Kier molecular flexibility index (Phi) is 4.12. The fourth-order valence-corrected chi connectivity index (χ4v) is 6.24. The zero-order valence-corrected chi connectivity index (χ0v) is 14.7. The summed E-state index contributed by atoms with van der Waals surface area (Å²) in [5.41, 5.74) is 3.99. The summed E-state index contributed by atoms with van der Waals surface area (Å²) in [5, 5.41) is 30.0. The first-order valence-electron chi connectivity index (χ1n) is 9.69. The molecule has 4 rings (SSSR count). The molecule has 132 valence electrons. The number of hydrogen-bond donors (Lipinski definition) is 3. The van der Waals surface area contributed by atoms with Crippen LogP contribution in [0.4, 0.5) is 0 Å². The van der Waals surface area contributed by atoms with Crippen molar-refractivity contribution in [3.8, 4) is 5.75 Å². The molecule has 2 saturated carbocycles. The summed E-state index contributed by atoms with van der Waals surface area (Å²) in [5.74, 6) is 2.32. The van der Waals surface area contributed by atoms with Gasteiger partial charge in [-0.05, 0) is 97.3 Å². The lowest BCUT2D eigenvalue weighted by molar-refractivity contribution is -0.0226. The zero-order chi connectivity index (χ0) is 16.9. The maximum atomic E-state index is 10.5. The molecule has 3 N–H and O–H groups in total. The molecule has 0 radical (unpaired) electrons. The smallest absolute Gasteiger partial charge is 0.119 e. The number of phenolic OH excluding ortho intramolecular Hbond substituents is 1. The van der Waals surface area contributed by atoms with Crippen LogP contribution in [0.5, 0.6) is 5.75 Å². The highest BCUT2D eigenvalue weighted by Crippen LogP contribution is 2.61. The molecule has 0 saturated heterocycles. The second kappa shape index (κ2) is 6.03. The van der Waals surface area contributed by atoms with E-state index < -0.39 is 0 Å². The summed E-state index contributed by atoms with van der Waals surface area (Å²) in [6.45, 7) is 2.48. The number of fused-ring (bicyclic) bond motifs is 5. The molecule has 3 heteroatoms.